The van der Waals surface area contributed by atoms with Crippen molar-refractivity contribution >= 4 is 0 Å². The topological polar surface area (TPSA) is 29.5 Å². The first kappa shape index (κ1) is 11.8. The number of rotatable bonds is 5. The highest BCUT2D eigenvalue weighted by molar-refractivity contribution is 5.29. The molecule has 0 saturated heterocycles. The molecule has 0 unspecified atom stereocenters. The van der Waals surface area contributed by atoms with Gasteiger partial charge in [-0.2, -0.15) is 0 Å². The Morgan fingerprint density at radius 1 is 1.53 bits per heavy atom. The number of benzene rings is 1. The summed E-state index contributed by atoms with van der Waals surface area (Å²) in [5.74, 6) is 0.781. The van der Waals surface area contributed by atoms with Crippen molar-refractivity contribution in [1.29, 1.82) is 0 Å². The van der Waals surface area contributed by atoms with Gasteiger partial charge in [-0.1, -0.05) is 25.6 Å². The lowest BCUT2D eigenvalue weighted by Crippen LogP contribution is -2.00. The number of aliphatic hydroxyl groups is 1. The molecule has 0 saturated carbocycles. The Kier molecular flexibility index (Phi) is 4.37. The van der Waals surface area contributed by atoms with Gasteiger partial charge < -0.3 is 9.84 Å². The quantitative estimate of drug-likeness (QED) is 0.750. The average Bonchev–Trinajstić information content (AvgIpc) is 2.26. The summed E-state index contributed by atoms with van der Waals surface area (Å²) >= 11 is 0. The Morgan fingerprint density at radius 3 is 2.87 bits per heavy atom. The maximum atomic E-state index is 9.40. The second-order valence-corrected chi connectivity index (χ2v) is 3.64. The standard InChI is InChI=1S/C13H18O2/c1-4-10(2)9-15-13-7-5-6-12(8-13)11(3)14/h5-8,11,14H,2,4,9H2,1,3H3/t11-/m0/s1. The van der Waals surface area contributed by atoms with Crippen LogP contribution < -0.4 is 4.74 Å². The highest BCUT2D eigenvalue weighted by atomic mass is 16.5. The Bertz CT molecular complexity index is 329. The lowest BCUT2D eigenvalue weighted by molar-refractivity contribution is 0.198. The van der Waals surface area contributed by atoms with Crippen LogP contribution in [0.25, 0.3) is 0 Å². The minimum atomic E-state index is -0.456. The van der Waals surface area contributed by atoms with Crippen LogP contribution >= 0.6 is 0 Å². The van der Waals surface area contributed by atoms with E-state index in [-0.39, 0.29) is 0 Å². The van der Waals surface area contributed by atoms with E-state index in [1.165, 1.54) is 0 Å². The van der Waals surface area contributed by atoms with Crippen molar-refractivity contribution < 1.29 is 9.84 Å². The van der Waals surface area contributed by atoms with Gasteiger partial charge in [-0.3, -0.25) is 0 Å². The average molecular weight is 206 g/mol. The Labute approximate surface area is 91.2 Å². The molecule has 0 radical (unpaired) electrons. The zero-order valence-corrected chi connectivity index (χ0v) is 9.36. The molecule has 0 fully saturated rings. The lowest BCUT2D eigenvalue weighted by atomic mass is 10.1. The van der Waals surface area contributed by atoms with Crippen molar-refractivity contribution in [2.24, 2.45) is 0 Å². The Balaban J connectivity index is 2.61. The first-order valence-corrected chi connectivity index (χ1v) is 5.21. The first-order valence-electron chi connectivity index (χ1n) is 5.21. The lowest BCUT2D eigenvalue weighted by Gasteiger charge is -2.10. The van der Waals surface area contributed by atoms with Crippen LogP contribution in [-0.4, -0.2) is 11.7 Å². The summed E-state index contributed by atoms with van der Waals surface area (Å²) in [5, 5.41) is 9.40. The predicted octanol–water partition coefficient (Wildman–Crippen LogP) is 3.08. The van der Waals surface area contributed by atoms with E-state index in [1.54, 1.807) is 6.92 Å². The minimum Gasteiger partial charge on any atom is -0.489 e. The SMILES string of the molecule is C=C(CC)COc1cccc([C@H](C)O)c1. The molecule has 0 aliphatic heterocycles. The zero-order chi connectivity index (χ0) is 11.3. The summed E-state index contributed by atoms with van der Waals surface area (Å²) in [6, 6.07) is 7.50. The van der Waals surface area contributed by atoms with E-state index in [4.69, 9.17) is 4.74 Å². The van der Waals surface area contributed by atoms with Crippen molar-refractivity contribution in [3.63, 3.8) is 0 Å². The monoisotopic (exact) mass is 206 g/mol. The number of ether oxygens (including phenoxy) is 1. The van der Waals surface area contributed by atoms with Crippen molar-refractivity contribution in [3.05, 3.63) is 42.0 Å². The predicted molar refractivity (Wildman–Crippen MR) is 62.0 cm³/mol. The number of hydrogen-bond acceptors (Lipinski definition) is 2. The molecule has 82 valence electrons. The molecular formula is C13H18O2. The normalized spacial score (nSPS) is 12.2. The summed E-state index contributed by atoms with van der Waals surface area (Å²) in [4.78, 5) is 0. The summed E-state index contributed by atoms with van der Waals surface area (Å²) in [5.41, 5.74) is 1.94. The molecule has 1 aromatic carbocycles. The van der Waals surface area contributed by atoms with Crippen LogP contribution in [0.4, 0.5) is 0 Å². The van der Waals surface area contributed by atoms with Crippen LogP contribution in [0, 0.1) is 0 Å². The van der Waals surface area contributed by atoms with Crippen molar-refractivity contribution in [2.75, 3.05) is 6.61 Å². The summed E-state index contributed by atoms with van der Waals surface area (Å²) < 4.78 is 5.54. The van der Waals surface area contributed by atoms with Gasteiger partial charge in [0.2, 0.25) is 0 Å². The fraction of sp³-hybridized carbons (Fsp3) is 0.385. The van der Waals surface area contributed by atoms with Crippen LogP contribution in [0.1, 0.15) is 31.9 Å². The molecule has 0 bridgehead atoms. The van der Waals surface area contributed by atoms with Gasteiger partial charge in [0.15, 0.2) is 0 Å². The molecule has 1 atom stereocenters. The van der Waals surface area contributed by atoms with Gasteiger partial charge in [-0.15, -0.1) is 0 Å². The van der Waals surface area contributed by atoms with Gasteiger partial charge in [0.25, 0.3) is 0 Å². The smallest absolute Gasteiger partial charge is 0.120 e. The van der Waals surface area contributed by atoms with E-state index in [9.17, 15) is 5.11 Å². The van der Waals surface area contributed by atoms with Gasteiger partial charge in [-0.05, 0) is 36.6 Å². The summed E-state index contributed by atoms with van der Waals surface area (Å²) in [7, 11) is 0. The fourth-order valence-electron chi connectivity index (χ4n) is 1.15. The van der Waals surface area contributed by atoms with E-state index in [2.05, 4.69) is 13.5 Å². The maximum absolute atomic E-state index is 9.40. The largest absolute Gasteiger partial charge is 0.489 e. The molecule has 0 aromatic heterocycles. The molecule has 0 spiro atoms. The van der Waals surface area contributed by atoms with Crippen LogP contribution in [0.3, 0.4) is 0 Å². The fourth-order valence-corrected chi connectivity index (χ4v) is 1.15. The maximum Gasteiger partial charge on any atom is 0.120 e. The Hall–Kier alpha value is -1.28. The van der Waals surface area contributed by atoms with Crippen molar-refractivity contribution in [2.45, 2.75) is 26.4 Å². The molecule has 0 heterocycles. The van der Waals surface area contributed by atoms with E-state index in [1.807, 2.05) is 24.3 Å². The van der Waals surface area contributed by atoms with E-state index in [0.29, 0.717) is 6.61 Å². The van der Waals surface area contributed by atoms with Gasteiger partial charge in [0.05, 0.1) is 6.10 Å². The highest BCUT2D eigenvalue weighted by Crippen LogP contribution is 2.19. The van der Waals surface area contributed by atoms with Crippen LogP contribution in [0.2, 0.25) is 0 Å². The molecular weight excluding hydrogens is 188 g/mol. The van der Waals surface area contributed by atoms with Crippen molar-refractivity contribution in [3.8, 4) is 5.75 Å². The van der Waals surface area contributed by atoms with Crippen LogP contribution in [0.15, 0.2) is 36.4 Å². The van der Waals surface area contributed by atoms with E-state index in [0.717, 1.165) is 23.3 Å². The molecule has 2 heteroatoms. The van der Waals surface area contributed by atoms with Crippen molar-refractivity contribution in [1.82, 2.24) is 0 Å². The highest BCUT2D eigenvalue weighted by Gasteiger charge is 2.02. The minimum absolute atomic E-state index is 0.456. The third-order valence-corrected chi connectivity index (χ3v) is 2.28. The van der Waals surface area contributed by atoms with Gasteiger partial charge >= 0.3 is 0 Å². The third-order valence-electron chi connectivity index (χ3n) is 2.28. The molecule has 0 aliphatic carbocycles. The number of hydrogen-bond donors (Lipinski definition) is 1. The summed E-state index contributed by atoms with van der Waals surface area (Å²) in [6.07, 6.45) is 0.471. The zero-order valence-electron chi connectivity index (χ0n) is 9.36. The molecule has 1 aromatic rings. The molecule has 1 rings (SSSR count). The van der Waals surface area contributed by atoms with Gasteiger partial charge in [0, 0.05) is 0 Å². The number of aliphatic hydroxyl groups excluding tert-OH is 1. The summed E-state index contributed by atoms with van der Waals surface area (Å²) in [6.45, 7) is 8.21. The molecule has 0 amide bonds. The first-order chi connectivity index (χ1) is 7.13. The molecule has 15 heavy (non-hydrogen) atoms. The second-order valence-electron chi connectivity index (χ2n) is 3.64. The van der Waals surface area contributed by atoms with E-state index >= 15 is 0 Å². The third kappa shape index (κ3) is 3.76. The molecule has 0 aliphatic rings. The van der Waals surface area contributed by atoms with Crippen LogP contribution in [0.5, 0.6) is 5.75 Å². The second kappa shape index (κ2) is 5.56. The molecule has 1 N–H and O–H groups in total. The van der Waals surface area contributed by atoms with Gasteiger partial charge in [0.1, 0.15) is 12.4 Å². The van der Waals surface area contributed by atoms with E-state index < -0.39 is 6.10 Å². The Morgan fingerprint density at radius 2 is 2.27 bits per heavy atom. The molecule has 2 nitrogen and oxygen atoms in total. The van der Waals surface area contributed by atoms with Gasteiger partial charge in [-0.25, -0.2) is 0 Å². The van der Waals surface area contributed by atoms with Crippen LogP contribution in [-0.2, 0) is 0 Å².